The van der Waals surface area contributed by atoms with Crippen LogP contribution < -0.4 is 15.5 Å². The van der Waals surface area contributed by atoms with E-state index in [1.807, 2.05) is 11.8 Å². The molecule has 2 amide bonds. The van der Waals surface area contributed by atoms with Crippen molar-refractivity contribution in [3.63, 3.8) is 0 Å². The molecule has 0 radical (unpaired) electrons. The number of aromatic nitrogens is 1. The predicted molar refractivity (Wildman–Crippen MR) is 118 cm³/mol. The molecule has 0 unspecified atom stereocenters. The lowest BCUT2D eigenvalue weighted by Gasteiger charge is -2.31. The highest BCUT2D eigenvalue weighted by atomic mass is 19.4. The van der Waals surface area contributed by atoms with Gasteiger partial charge in [0.15, 0.2) is 0 Å². The Morgan fingerprint density at radius 2 is 1.76 bits per heavy atom. The molecule has 0 aliphatic carbocycles. The van der Waals surface area contributed by atoms with Gasteiger partial charge in [-0.3, -0.25) is 14.5 Å². The van der Waals surface area contributed by atoms with E-state index < -0.39 is 17.6 Å². The first-order chi connectivity index (χ1) is 15.6. The number of pyridine rings is 1. The number of nitrogens with zero attached hydrogens (tertiary/aromatic N) is 3. The second-order valence-electron chi connectivity index (χ2n) is 7.82. The fraction of sp³-hybridized carbons (Fsp3) is 0.409. The van der Waals surface area contributed by atoms with E-state index >= 15 is 0 Å². The van der Waals surface area contributed by atoms with Gasteiger partial charge < -0.3 is 20.3 Å². The number of anilines is 3. The van der Waals surface area contributed by atoms with Crippen molar-refractivity contribution in [3.05, 3.63) is 47.7 Å². The van der Waals surface area contributed by atoms with Crippen LogP contribution in [0.2, 0.25) is 0 Å². The first-order valence-electron chi connectivity index (χ1n) is 10.4. The summed E-state index contributed by atoms with van der Waals surface area (Å²) >= 11 is 0. The van der Waals surface area contributed by atoms with Crippen LogP contribution in [0.25, 0.3) is 0 Å². The van der Waals surface area contributed by atoms with Crippen molar-refractivity contribution in [3.8, 4) is 0 Å². The van der Waals surface area contributed by atoms with E-state index in [2.05, 4.69) is 15.6 Å². The zero-order chi connectivity index (χ0) is 24.0. The Morgan fingerprint density at radius 3 is 2.39 bits per heavy atom. The summed E-state index contributed by atoms with van der Waals surface area (Å²) in [6.45, 7) is 3.48. The van der Waals surface area contributed by atoms with Crippen LogP contribution >= 0.6 is 0 Å². The third kappa shape index (κ3) is 7.16. The first-order valence-corrected chi connectivity index (χ1v) is 10.4. The summed E-state index contributed by atoms with van der Waals surface area (Å²) in [6, 6.07) is 6.79. The minimum absolute atomic E-state index is 0.0681. The number of carbonyl (C=O) groups excluding carboxylic acids is 2. The Hall–Kier alpha value is -3.18. The summed E-state index contributed by atoms with van der Waals surface area (Å²) in [6.07, 6.45) is -2.97. The normalized spacial score (nSPS) is 14.3. The maximum absolute atomic E-state index is 13.2. The van der Waals surface area contributed by atoms with Gasteiger partial charge in [0.1, 0.15) is 5.82 Å². The van der Waals surface area contributed by atoms with Crippen molar-refractivity contribution >= 4 is 29.0 Å². The van der Waals surface area contributed by atoms with E-state index in [-0.39, 0.29) is 24.7 Å². The van der Waals surface area contributed by atoms with Crippen molar-refractivity contribution in [2.24, 2.45) is 0 Å². The van der Waals surface area contributed by atoms with Gasteiger partial charge in [-0.1, -0.05) is 0 Å². The molecule has 8 nitrogen and oxygen atoms in total. The number of aryl methyl sites for hydroxylation is 1. The van der Waals surface area contributed by atoms with E-state index in [9.17, 15) is 22.8 Å². The molecule has 2 aromatic rings. The molecule has 2 N–H and O–H groups in total. The molecular weight excluding hydrogens is 439 g/mol. The molecule has 33 heavy (non-hydrogen) atoms. The molecule has 2 heterocycles. The lowest BCUT2D eigenvalue weighted by molar-refractivity contribution is -0.137. The van der Waals surface area contributed by atoms with Crippen molar-refractivity contribution in [2.75, 3.05) is 62.0 Å². The zero-order valence-corrected chi connectivity index (χ0v) is 18.4. The van der Waals surface area contributed by atoms with Crippen molar-refractivity contribution in [1.82, 2.24) is 9.88 Å². The second-order valence-corrected chi connectivity index (χ2v) is 7.82. The Kier molecular flexibility index (Phi) is 7.88. The van der Waals surface area contributed by atoms with Crippen LogP contribution in [0, 0.1) is 6.92 Å². The molecule has 1 aliphatic rings. The lowest BCUT2D eigenvalue weighted by atomic mass is 10.1. The topological polar surface area (TPSA) is 86.8 Å². The minimum atomic E-state index is -4.54. The monoisotopic (exact) mass is 465 g/mol. The van der Waals surface area contributed by atoms with Crippen LogP contribution in [0.1, 0.15) is 11.1 Å². The molecule has 0 spiro atoms. The summed E-state index contributed by atoms with van der Waals surface area (Å²) in [5, 5.41) is 5.22. The number of morpholine rings is 1. The SMILES string of the molecule is Cc1ccnc(NC(=O)CN(C)CC(=O)Nc2cc(C(F)(F)F)ccc2N2CCOCC2)c1. The maximum Gasteiger partial charge on any atom is 0.416 e. The summed E-state index contributed by atoms with van der Waals surface area (Å²) in [4.78, 5) is 32.2. The number of carbonyl (C=O) groups is 2. The number of nitrogens with one attached hydrogen (secondary N) is 2. The van der Waals surface area contributed by atoms with Crippen LogP contribution in [0.15, 0.2) is 36.5 Å². The number of amides is 2. The Labute approximate surface area is 189 Å². The molecule has 1 aromatic heterocycles. The van der Waals surface area contributed by atoms with Gasteiger partial charge in [-0.15, -0.1) is 0 Å². The van der Waals surface area contributed by atoms with Crippen molar-refractivity contribution < 1.29 is 27.5 Å². The average molecular weight is 465 g/mol. The Balaban J connectivity index is 1.64. The third-order valence-corrected chi connectivity index (χ3v) is 4.96. The fourth-order valence-electron chi connectivity index (χ4n) is 3.42. The highest BCUT2D eigenvalue weighted by molar-refractivity contribution is 5.96. The summed E-state index contributed by atoms with van der Waals surface area (Å²) in [5.74, 6) is -0.499. The molecule has 178 valence electrons. The van der Waals surface area contributed by atoms with Crippen molar-refractivity contribution in [2.45, 2.75) is 13.1 Å². The van der Waals surface area contributed by atoms with E-state index in [1.165, 1.54) is 11.0 Å². The number of alkyl halides is 3. The van der Waals surface area contributed by atoms with Gasteiger partial charge in [0.2, 0.25) is 11.8 Å². The molecule has 0 saturated carbocycles. The van der Waals surface area contributed by atoms with Gasteiger partial charge in [0.05, 0.1) is 43.2 Å². The van der Waals surface area contributed by atoms with Crippen LogP contribution in [0.5, 0.6) is 0 Å². The number of benzene rings is 1. The Morgan fingerprint density at radius 1 is 1.09 bits per heavy atom. The second kappa shape index (κ2) is 10.6. The predicted octanol–water partition coefficient (Wildman–Crippen LogP) is 2.75. The van der Waals surface area contributed by atoms with E-state index in [0.717, 1.165) is 17.7 Å². The lowest BCUT2D eigenvalue weighted by Crippen LogP contribution is -2.38. The first kappa shape index (κ1) is 24.5. The highest BCUT2D eigenvalue weighted by Gasteiger charge is 2.32. The number of hydrogen-bond acceptors (Lipinski definition) is 6. The van der Waals surface area contributed by atoms with E-state index in [1.54, 1.807) is 25.4 Å². The molecule has 3 rings (SSSR count). The summed E-state index contributed by atoms with van der Waals surface area (Å²) in [7, 11) is 1.57. The third-order valence-electron chi connectivity index (χ3n) is 4.96. The number of likely N-dealkylation sites (N-methyl/N-ethyl adjacent to an activating group) is 1. The largest absolute Gasteiger partial charge is 0.416 e. The minimum Gasteiger partial charge on any atom is -0.378 e. The van der Waals surface area contributed by atoms with Gasteiger partial charge in [0, 0.05) is 19.3 Å². The molecule has 1 aromatic carbocycles. The van der Waals surface area contributed by atoms with Gasteiger partial charge in [-0.2, -0.15) is 13.2 Å². The molecule has 0 atom stereocenters. The smallest absolute Gasteiger partial charge is 0.378 e. The maximum atomic E-state index is 13.2. The summed E-state index contributed by atoms with van der Waals surface area (Å²) in [5.41, 5.74) is 0.641. The number of ether oxygens (including phenoxy) is 1. The van der Waals surface area contributed by atoms with Crippen LogP contribution in [-0.4, -0.2) is 68.1 Å². The number of rotatable bonds is 7. The standard InChI is InChI=1S/C22H26F3N5O3/c1-15-5-6-26-19(11-15)28-21(32)14-29(2)13-20(31)27-17-12-16(22(23,24)25)3-4-18(17)30-7-9-33-10-8-30/h3-6,11-12H,7-10,13-14H2,1-2H3,(H,27,31)(H,26,28,32). The Bertz CT molecular complexity index is 993. The highest BCUT2D eigenvalue weighted by Crippen LogP contribution is 2.35. The van der Waals surface area contributed by atoms with Gasteiger partial charge >= 0.3 is 6.18 Å². The average Bonchev–Trinajstić information content (AvgIpc) is 2.73. The number of hydrogen-bond donors (Lipinski definition) is 2. The van der Waals surface area contributed by atoms with Crippen LogP contribution in [-0.2, 0) is 20.5 Å². The molecular formula is C22H26F3N5O3. The molecule has 1 aliphatic heterocycles. The fourth-order valence-corrected chi connectivity index (χ4v) is 3.42. The van der Waals surface area contributed by atoms with Gasteiger partial charge in [-0.05, 0) is 49.9 Å². The van der Waals surface area contributed by atoms with Crippen LogP contribution in [0.4, 0.5) is 30.4 Å². The molecule has 1 saturated heterocycles. The van der Waals surface area contributed by atoms with Crippen molar-refractivity contribution in [1.29, 1.82) is 0 Å². The zero-order valence-electron chi connectivity index (χ0n) is 18.4. The van der Waals surface area contributed by atoms with Gasteiger partial charge in [-0.25, -0.2) is 4.98 Å². The molecule has 0 bridgehead atoms. The van der Waals surface area contributed by atoms with Crippen LogP contribution in [0.3, 0.4) is 0 Å². The molecule has 1 fully saturated rings. The van der Waals surface area contributed by atoms with E-state index in [0.29, 0.717) is 37.8 Å². The molecule has 11 heteroatoms. The van der Waals surface area contributed by atoms with Gasteiger partial charge in [0.25, 0.3) is 0 Å². The quantitative estimate of drug-likeness (QED) is 0.654. The van der Waals surface area contributed by atoms with E-state index in [4.69, 9.17) is 4.74 Å². The number of halogens is 3. The summed E-state index contributed by atoms with van der Waals surface area (Å²) < 4.78 is 45.0.